The van der Waals surface area contributed by atoms with Gasteiger partial charge in [-0.05, 0) is 44.4 Å². The lowest BCUT2D eigenvalue weighted by Gasteiger charge is -2.22. The third-order valence-corrected chi connectivity index (χ3v) is 6.44. The molecule has 0 aliphatic carbocycles. The fraction of sp³-hybridized carbons (Fsp3) is 0.478. The number of fused-ring (bicyclic) bond motifs is 1. The van der Waals surface area contributed by atoms with Gasteiger partial charge < -0.3 is 19.1 Å². The van der Waals surface area contributed by atoms with Crippen molar-refractivity contribution in [2.75, 3.05) is 32.8 Å². The van der Waals surface area contributed by atoms with Crippen molar-refractivity contribution >= 4 is 34.4 Å². The minimum absolute atomic E-state index is 0.101. The normalized spacial score (nSPS) is 14.8. The number of carbonyl (C=O) groups is 2. The number of nitrogens with zero attached hydrogens (tertiary/aromatic N) is 4. The van der Waals surface area contributed by atoms with Crippen LogP contribution in [0.25, 0.3) is 21.7 Å². The van der Waals surface area contributed by atoms with E-state index in [2.05, 4.69) is 10.1 Å². The predicted octanol–water partition coefficient (Wildman–Crippen LogP) is 4.51. The van der Waals surface area contributed by atoms with Crippen LogP contribution in [0.2, 0.25) is 0 Å². The maximum absolute atomic E-state index is 13.6. The predicted molar refractivity (Wildman–Crippen MR) is 123 cm³/mol. The van der Waals surface area contributed by atoms with Crippen LogP contribution in [0.5, 0.6) is 0 Å². The number of hydrogen-bond acceptors (Lipinski definition) is 7. The molecule has 3 aromatic heterocycles. The zero-order chi connectivity index (χ0) is 22.8. The molecule has 170 valence electrons. The maximum atomic E-state index is 13.6. The van der Waals surface area contributed by atoms with Crippen molar-refractivity contribution in [2.24, 2.45) is 5.92 Å². The van der Waals surface area contributed by atoms with Crippen molar-refractivity contribution < 1.29 is 18.8 Å². The largest absolute Gasteiger partial charge is 0.449 e. The number of thiophene rings is 1. The van der Waals surface area contributed by atoms with E-state index in [-0.39, 0.29) is 17.9 Å². The molecule has 0 N–H and O–H groups in total. The van der Waals surface area contributed by atoms with Gasteiger partial charge in [-0.2, -0.15) is 0 Å². The molecule has 32 heavy (non-hydrogen) atoms. The van der Waals surface area contributed by atoms with Gasteiger partial charge in [0.05, 0.1) is 33.8 Å². The first kappa shape index (κ1) is 22.3. The van der Waals surface area contributed by atoms with Gasteiger partial charge in [0.2, 0.25) is 0 Å². The summed E-state index contributed by atoms with van der Waals surface area (Å²) in [6.07, 6.45) is 0.376. The first-order valence-corrected chi connectivity index (χ1v) is 11.7. The van der Waals surface area contributed by atoms with E-state index in [1.165, 1.54) is 4.88 Å². The Bertz CT molecular complexity index is 1140. The summed E-state index contributed by atoms with van der Waals surface area (Å²) in [7, 11) is 0. The Kier molecular flexibility index (Phi) is 6.45. The van der Waals surface area contributed by atoms with E-state index in [0.717, 1.165) is 4.88 Å². The molecule has 1 saturated heterocycles. The molecule has 1 aliphatic heterocycles. The van der Waals surface area contributed by atoms with Crippen molar-refractivity contribution in [3.8, 4) is 10.6 Å². The molecule has 0 aromatic carbocycles. The molecule has 1 aliphatic rings. The van der Waals surface area contributed by atoms with Crippen molar-refractivity contribution in [3.63, 3.8) is 0 Å². The number of amides is 2. The number of rotatable bonds is 4. The average molecular weight is 457 g/mol. The van der Waals surface area contributed by atoms with E-state index < -0.39 is 0 Å². The lowest BCUT2D eigenvalue weighted by atomic mass is 10.1. The van der Waals surface area contributed by atoms with Crippen LogP contribution in [-0.2, 0) is 4.74 Å². The fourth-order valence-corrected chi connectivity index (χ4v) is 4.59. The molecule has 4 heterocycles. The fourth-order valence-electron chi connectivity index (χ4n) is 3.76. The number of pyridine rings is 1. The van der Waals surface area contributed by atoms with E-state index in [0.29, 0.717) is 67.3 Å². The van der Waals surface area contributed by atoms with Crippen LogP contribution in [-0.4, -0.2) is 64.7 Å². The smallest absolute Gasteiger partial charge is 0.409 e. The molecule has 1 fully saturated rings. The molecule has 0 atom stereocenters. The van der Waals surface area contributed by atoms with Crippen molar-refractivity contribution in [3.05, 3.63) is 34.3 Å². The molecule has 2 amide bonds. The number of hydrogen-bond donors (Lipinski definition) is 0. The van der Waals surface area contributed by atoms with E-state index in [1.54, 1.807) is 21.1 Å². The highest BCUT2D eigenvalue weighted by Gasteiger charge is 2.27. The zero-order valence-electron chi connectivity index (χ0n) is 18.9. The summed E-state index contributed by atoms with van der Waals surface area (Å²) in [6, 6.07) is 5.86. The molecule has 0 unspecified atom stereocenters. The topological polar surface area (TPSA) is 88.8 Å². The summed E-state index contributed by atoms with van der Waals surface area (Å²) in [4.78, 5) is 36.2. The quantitative estimate of drug-likeness (QED) is 0.574. The van der Waals surface area contributed by atoms with Gasteiger partial charge in [0.15, 0.2) is 0 Å². The summed E-state index contributed by atoms with van der Waals surface area (Å²) < 4.78 is 10.8. The minimum Gasteiger partial charge on any atom is -0.449 e. The number of aryl methyl sites for hydroxylation is 2. The Labute approximate surface area is 191 Å². The van der Waals surface area contributed by atoms with Crippen LogP contribution in [0, 0.1) is 19.8 Å². The molecule has 0 spiro atoms. The highest BCUT2D eigenvalue weighted by Crippen LogP contribution is 2.31. The first-order valence-electron chi connectivity index (χ1n) is 10.9. The zero-order valence-corrected chi connectivity index (χ0v) is 19.7. The molecule has 0 radical (unpaired) electrons. The summed E-state index contributed by atoms with van der Waals surface area (Å²) in [5, 5.41) is 4.68. The number of ether oxygens (including phenoxy) is 1. The van der Waals surface area contributed by atoms with E-state index in [4.69, 9.17) is 9.26 Å². The van der Waals surface area contributed by atoms with Gasteiger partial charge >= 0.3 is 6.09 Å². The molecule has 3 aromatic rings. The van der Waals surface area contributed by atoms with Gasteiger partial charge in [0.25, 0.3) is 11.6 Å². The molecular formula is C23H28N4O4S. The second-order valence-corrected chi connectivity index (χ2v) is 9.80. The molecular weight excluding hydrogens is 428 g/mol. The maximum Gasteiger partial charge on any atom is 0.409 e. The summed E-state index contributed by atoms with van der Waals surface area (Å²) in [5.74, 6) is 0.182. The van der Waals surface area contributed by atoms with Crippen molar-refractivity contribution in [2.45, 2.75) is 34.1 Å². The van der Waals surface area contributed by atoms with Gasteiger partial charge in [0.1, 0.15) is 0 Å². The molecule has 4 rings (SSSR count). The van der Waals surface area contributed by atoms with Crippen LogP contribution in [0.4, 0.5) is 4.79 Å². The van der Waals surface area contributed by atoms with Gasteiger partial charge in [-0.15, -0.1) is 11.3 Å². The third kappa shape index (κ3) is 4.62. The lowest BCUT2D eigenvalue weighted by Crippen LogP contribution is -2.38. The highest BCUT2D eigenvalue weighted by molar-refractivity contribution is 7.15. The van der Waals surface area contributed by atoms with E-state index in [9.17, 15) is 9.59 Å². The van der Waals surface area contributed by atoms with Gasteiger partial charge in [-0.1, -0.05) is 19.0 Å². The Hall–Kier alpha value is -2.94. The Balaban J connectivity index is 1.58. The number of aromatic nitrogens is 2. The Morgan fingerprint density at radius 3 is 2.62 bits per heavy atom. The van der Waals surface area contributed by atoms with Gasteiger partial charge in [0, 0.05) is 31.1 Å². The number of carbonyl (C=O) groups excluding carboxylic acids is 2. The van der Waals surface area contributed by atoms with Gasteiger partial charge in [-0.3, -0.25) is 4.79 Å². The Morgan fingerprint density at radius 2 is 1.91 bits per heavy atom. The van der Waals surface area contributed by atoms with Gasteiger partial charge in [-0.25, -0.2) is 9.78 Å². The molecule has 8 nitrogen and oxygen atoms in total. The summed E-state index contributed by atoms with van der Waals surface area (Å²) >= 11 is 1.62. The van der Waals surface area contributed by atoms with Crippen molar-refractivity contribution in [1.82, 2.24) is 19.9 Å². The summed E-state index contributed by atoms with van der Waals surface area (Å²) in [6.45, 7) is 10.3. The summed E-state index contributed by atoms with van der Waals surface area (Å²) in [5.41, 5.74) is 2.23. The van der Waals surface area contributed by atoms with Crippen LogP contribution < -0.4 is 0 Å². The SMILES string of the molecule is Cc1ccc(-c2cc(C(=O)N3CCCN(C(=O)OCC(C)C)CC3)c3c(C)noc3n2)s1. The monoisotopic (exact) mass is 456 g/mol. The standard InChI is InChI=1S/C23H28N4O4S/c1-14(2)13-30-23(29)27-9-5-8-26(10-11-27)22(28)17-12-18(19-7-6-15(3)32-19)24-21-20(17)16(4)25-31-21/h6-7,12,14H,5,8-11,13H2,1-4H3. The molecule has 0 saturated carbocycles. The van der Waals surface area contributed by atoms with Crippen LogP contribution in [0.3, 0.4) is 0 Å². The molecule has 0 bridgehead atoms. The Morgan fingerprint density at radius 1 is 1.16 bits per heavy atom. The molecule has 9 heteroatoms. The lowest BCUT2D eigenvalue weighted by molar-refractivity contribution is 0.0748. The first-order chi connectivity index (χ1) is 15.3. The minimum atomic E-state index is -0.315. The van der Waals surface area contributed by atoms with E-state index in [1.807, 2.05) is 45.9 Å². The highest BCUT2D eigenvalue weighted by atomic mass is 32.1. The average Bonchev–Trinajstić information content (AvgIpc) is 3.27. The second kappa shape index (κ2) is 9.28. The second-order valence-electron chi connectivity index (χ2n) is 8.52. The van der Waals surface area contributed by atoms with Crippen LogP contribution >= 0.6 is 11.3 Å². The van der Waals surface area contributed by atoms with E-state index >= 15 is 0 Å². The van der Waals surface area contributed by atoms with Crippen LogP contribution in [0.15, 0.2) is 22.7 Å². The van der Waals surface area contributed by atoms with Crippen LogP contribution in [0.1, 0.15) is 41.2 Å². The third-order valence-electron chi connectivity index (χ3n) is 5.42. The van der Waals surface area contributed by atoms with Crippen molar-refractivity contribution in [1.29, 1.82) is 0 Å².